The molecule has 0 bridgehead atoms. The predicted octanol–water partition coefficient (Wildman–Crippen LogP) is 4.69. The average Bonchev–Trinajstić information content (AvgIpc) is 2.41. The number of hydrogen-bond acceptors (Lipinski definition) is 3. The van der Waals surface area contributed by atoms with Gasteiger partial charge in [0.25, 0.3) is 10.0 Å². The molecule has 4 nitrogen and oxygen atoms in total. The van der Waals surface area contributed by atoms with Crippen molar-refractivity contribution in [2.24, 2.45) is 0 Å². The molecule has 0 spiro atoms. The van der Waals surface area contributed by atoms with Crippen LogP contribution in [0.5, 0.6) is 5.75 Å². The van der Waals surface area contributed by atoms with Crippen LogP contribution in [0.15, 0.2) is 47.4 Å². The second-order valence-corrected chi connectivity index (χ2v) is 6.69. The topological polar surface area (TPSA) is 55.4 Å². The highest BCUT2D eigenvalue weighted by atomic mass is 35.5. The normalized spacial score (nSPS) is 12.0. The Balaban J connectivity index is 2.38. The molecule has 0 atom stereocenters. The fourth-order valence-corrected chi connectivity index (χ4v) is 3.13. The number of benzene rings is 2. The number of ether oxygens (including phenoxy) is 1. The molecule has 0 unspecified atom stereocenters. The molecule has 124 valence electrons. The minimum Gasteiger partial charge on any atom is -0.404 e. The van der Waals surface area contributed by atoms with Gasteiger partial charge in [-0.15, -0.1) is 13.2 Å². The van der Waals surface area contributed by atoms with Crippen LogP contribution in [0.1, 0.15) is 0 Å². The van der Waals surface area contributed by atoms with Gasteiger partial charge in [-0.05, 0) is 30.3 Å². The molecule has 10 heteroatoms. The highest BCUT2D eigenvalue weighted by molar-refractivity contribution is 7.92. The largest absolute Gasteiger partial charge is 0.573 e. The van der Waals surface area contributed by atoms with Crippen LogP contribution in [0.25, 0.3) is 0 Å². The lowest BCUT2D eigenvalue weighted by Crippen LogP contribution is -2.20. The van der Waals surface area contributed by atoms with Gasteiger partial charge >= 0.3 is 6.36 Å². The van der Waals surface area contributed by atoms with Crippen molar-refractivity contribution in [3.63, 3.8) is 0 Å². The predicted molar refractivity (Wildman–Crippen MR) is 80.4 cm³/mol. The molecule has 0 saturated heterocycles. The van der Waals surface area contributed by atoms with Crippen molar-refractivity contribution in [2.45, 2.75) is 11.3 Å². The van der Waals surface area contributed by atoms with Crippen LogP contribution in [0.4, 0.5) is 18.9 Å². The van der Waals surface area contributed by atoms with Crippen LogP contribution >= 0.6 is 23.2 Å². The van der Waals surface area contributed by atoms with Crippen LogP contribution in [-0.4, -0.2) is 14.8 Å². The minimum atomic E-state index is -5.02. The summed E-state index contributed by atoms with van der Waals surface area (Å²) < 4.78 is 67.5. The molecule has 0 aliphatic heterocycles. The quantitative estimate of drug-likeness (QED) is 0.830. The van der Waals surface area contributed by atoms with Gasteiger partial charge in [-0.25, -0.2) is 8.42 Å². The lowest BCUT2D eigenvalue weighted by atomic mass is 10.3. The van der Waals surface area contributed by atoms with Gasteiger partial charge in [-0.3, -0.25) is 4.72 Å². The molecule has 1 N–H and O–H groups in total. The average molecular weight is 386 g/mol. The van der Waals surface area contributed by atoms with E-state index in [2.05, 4.69) is 9.46 Å². The van der Waals surface area contributed by atoms with Crippen LogP contribution in [0.2, 0.25) is 10.0 Å². The van der Waals surface area contributed by atoms with E-state index in [-0.39, 0.29) is 15.7 Å². The SMILES string of the molecule is O=S(=O)(Nc1ccc(Cl)c(Cl)c1)c1ccccc1OC(F)(F)F. The van der Waals surface area contributed by atoms with Crippen molar-refractivity contribution < 1.29 is 26.3 Å². The molecule has 0 radical (unpaired) electrons. The molecular weight excluding hydrogens is 378 g/mol. The first-order valence-corrected chi connectivity index (χ1v) is 8.15. The third-order valence-corrected chi connectivity index (χ3v) is 4.70. The first-order valence-electron chi connectivity index (χ1n) is 5.91. The van der Waals surface area contributed by atoms with E-state index < -0.39 is 27.0 Å². The Bertz CT molecular complexity index is 825. The number of hydrogen-bond donors (Lipinski definition) is 1. The van der Waals surface area contributed by atoms with E-state index in [9.17, 15) is 21.6 Å². The Kier molecular flexibility index (Phi) is 4.98. The van der Waals surface area contributed by atoms with E-state index in [0.717, 1.165) is 12.1 Å². The van der Waals surface area contributed by atoms with Crippen molar-refractivity contribution in [2.75, 3.05) is 4.72 Å². The van der Waals surface area contributed by atoms with E-state index in [1.54, 1.807) is 0 Å². The molecule has 0 heterocycles. The second-order valence-electron chi connectivity index (χ2n) is 4.23. The summed E-state index contributed by atoms with van der Waals surface area (Å²) in [5.74, 6) is -0.840. The molecule has 0 saturated carbocycles. The van der Waals surface area contributed by atoms with Crippen LogP contribution < -0.4 is 9.46 Å². The first kappa shape index (κ1) is 17.7. The van der Waals surface area contributed by atoms with Gasteiger partial charge in [0.05, 0.1) is 15.7 Å². The van der Waals surface area contributed by atoms with E-state index >= 15 is 0 Å². The summed E-state index contributed by atoms with van der Waals surface area (Å²) in [6.07, 6.45) is -5.02. The molecule has 23 heavy (non-hydrogen) atoms. The Morgan fingerprint density at radius 1 is 1.00 bits per heavy atom. The van der Waals surface area contributed by atoms with Gasteiger partial charge < -0.3 is 4.74 Å². The molecular formula is C13H8Cl2F3NO3S. The Morgan fingerprint density at radius 3 is 2.26 bits per heavy atom. The minimum absolute atomic E-state index is 0.0428. The van der Waals surface area contributed by atoms with Crippen molar-refractivity contribution in [3.05, 3.63) is 52.5 Å². The van der Waals surface area contributed by atoms with Gasteiger partial charge in [-0.1, -0.05) is 35.3 Å². The zero-order valence-electron chi connectivity index (χ0n) is 11.1. The molecule has 0 aromatic heterocycles. The van der Waals surface area contributed by atoms with Crippen LogP contribution in [0, 0.1) is 0 Å². The highest BCUT2D eigenvalue weighted by Crippen LogP contribution is 2.31. The van der Waals surface area contributed by atoms with Gasteiger partial charge in [-0.2, -0.15) is 0 Å². The first-order chi connectivity index (χ1) is 10.6. The Hall–Kier alpha value is -1.64. The number of halogens is 5. The monoisotopic (exact) mass is 385 g/mol. The molecule has 2 aromatic carbocycles. The fourth-order valence-electron chi connectivity index (χ4n) is 1.65. The fraction of sp³-hybridized carbons (Fsp3) is 0.0769. The van der Waals surface area contributed by atoms with Gasteiger partial charge in [0.15, 0.2) is 0 Å². The zero-order valence-corrected chi connectivity index (χ0v) is 13.4. The number of para-hydroxylation sites is 1. The number of nitrogens with one attached hydrogen (secondary N) is 1. The lowest BCUT2D eigenvalue weighted by Gasteiger charge is -2.14. The maximum absolute atomic E-state index is 12.4. The van der Waals surface area contributed by atoms with Crippen molar-refractivity contribution in [3.8, 4) is 5.75 Å². The number of rotatable bonds is 4. The summed E-state index contributed by atoms with van der Waals surface area (Å²) in [6, 6.07) is 8.28. The molecule has 0 amide bonds. The van der Waals surface area contributed by atoms with E-state index in [1.165, 1.54) is 30.3 Å². The van der Waals surface area contributed by atoms with E-state index in [0.29, 0.717) is 0 Å². The number of anilines is 1. The van der Waals surface area contributed by atoms with E-state index in [1.807, 2.05) is 0 Å². The summed E-state index contributed by atoms with van der Waals surface area (Å²) in [5.41, 5.74) is 0.0428. The smallest absolute Gasteiger partial charge is 0.404 e. The summed E-state index contributed by atoms with van der Waals surface area (Å²) in [7, 11) is -4.32. The van der Waals surface area contributed by atoms with Gasteiger partial charge in [0.2, 0.25) is 0 Å². The number of alkyl halides is 3. The van der Waals surface area contributed by atoms with E-state index in [4.69, 9.17) is 23.2 Å². The third kappa shape index (κ3) is 4.66. The Labute approximate surface area is 139 Å². The maximum Gasteiger partial charge on any atom is 0.573 e. The third-order valence-electron chi connectivity index (χ3n) is 2.54. The molecule has 0 aliphatic carbocycles. The number of sulfonamides is 1. The Morgan fingerprint density at radius 2 is 1.65 bits per heavy atom. The standard InChI is InChI=1S/C13H8Cl2F3NO3S/c14-9-6-5-8(7-10(9)15)19-23(20,21)12-4-2-1-3-11(12)22-13(16,17)18/h1-7,19H. The van der Waals surface area contributed by atoms with Crippen LogP contribution in [0.3, 0.4) is 0 Å². The second kappa shape index (κ2) is 6.46. The van der Waals surface area contributed by atoms with Gasteiger partial charge in [0, 0.05) is 0 Å². The van der Waals surface area contributed by atoms with Gasteiger partial charge in [0.1, 0.15) is 10.6 Å². The zero-order chi connectivity index (χ0) is 17.3. The highest BCUT2D eigenvalue weighted by Gasteiger charge is 2.34. The van der Waals surface area contributed by atoms with Crippen molar-refractivity contribution in [1.82, 2.24) is 0 Å². The maximum atomic E-state index is 12.4. The molecule has 2 aromatic rings. The molecule has 0 aliphatic rings. The summed E-state index contributed by atoms with van der Waals surface area (Å²) >= 11 is 11.5. The van der Waals surface area contributed by atoms with Crippen molar-refractivity contribution >= 4 is 38.9 Å². The molecule has 2 rings (SSSR count). The summed E-state index contributed by atoms with van der Waals surface area (Å²) in [6.45, 7) is 0. The molecule has 0 fully saturated rings. The lowest BCUT2D eigenvalue weighted by molar-refractivity contribution is -0.275. The van der Waals surface area contributed by atoms with Crippen molar-refractivity contribution in [1.29, 1.82) is 0 Å². The van der Waals surface area contributed by atoms with Crippen LogP contribution in [-0.2, 0) is 10.0 Å². The summed E-state index contributed by atoms with van der Waals surface area (Å²) in [5, 5.41) is 0.294. The summed E-state index contributed by atoms with van der Waals surface area (Å²) in [4.78, 5) is -0.664.